The normalized spacial score (nSPS) is 13.1. The molecule has 0 saturated heterocycles. The van der Waals surface area contributed by atoms with E-state index < -0.39 is 23.2 Å². The predicted molar refractivity (Wildman–Crippen MR) is 57.2 cm³/mol. The molecule has 0 fully saturated rings. The number of hydrogen-bond acceptors (Lipinski definition) is 3. The van der Waals surface area contributed by atoms with Gasteiger partial charge in [-0.3, -0.25) is 4.79 Å². The number of carbonyl (C=O) groups is 1. The van der Waals surface area contributed by atoms with E-state index in [1.54, 1.807) is 0 Å². The summed E-state index contributed by atoms with van der Waals surface area (Å²) in [4.78, 5) is 11.2. The predicted octanol–water partition coefficient (Wildman–Crippen LogP) is 2.06. The molecule has 0 atom stereocenters. The fraction of sp³-hybridized carbons (Fsp3) is 0.167. The summed E-state index contributed by atoms with van der Waals surface area (Å²) in [6, 6.07) is 4.77. The summed E-state index contributed by atoms with van der Waals surface area (Å²) in [5.41, 5.74) is -1.21. The molecule has 0 spiro atoms. The lowest BCUT2D eigenvalue weighted by Gasteiger charge is -2.10. The van der Waals surface area contributed by atoms with Crippen molar-refractivity contribution in [3.8, 4) is 6.07 Å². The Balaban J connectivity index is 2.16. The first-order valence-corrected chi connectivity index (χ1v) is 5.17. The second-order valence-electron chi connectivity index (χ2n) is 3.77. The molecule has 0 saturated carbocycles. The van der Waals surface area contributed by atoms with Crippen molar-refractivity contribution in [3.05, 3.63) is 46.9 Å². The van der Waals surface area contributed by atoms with E-state index in [0.29, 0.717) is 0 Å². The van der Waals surface area contributed by atoms with E-state index in [1.165, 1.54) is 18.4 Å². The second kappa shape index (κ2) is 4.65. The van der Waals surface area contributed by atoms with Gasteiger partial charge in [0.2, 0.25) is 5.76 Å². The number of nitrogens with one attached hydrogen (secondary N) is 1. The maximum atomic E-state index is 12.7. The van der Waals surface area contributed by atoms with Crippen molar-refractivity contribution in [2.24, 2.45) is 0 Å². The number of hydrogen-bond donors (Lipinski definition) is 1. The molecule has 1 N–H and O–H groups in total. The SMILES string of the molecule is N#Cc1ccc(CNC(=O)C2=CO2)cc1C(F)(F)F. The minimum Gasteiger partial charge on any atom is -0.452 e. The van der Waals surface area contributed by atoms with E-state index in [9.17, 15) is 18.0 Å². The molecule has 0 bridgehead atoms. The van der Waals surface area contributed by atoms with Gasteiger partial charge in [0.25, 0.3) is 5.91 Å². The van der Waals surface area contributed by atoms with Gasteiger partial charge in [0.1, 0.15) is 6.26 Å². The molecule has 19 heavy (non-hydrogen) atoms. The highest BCUT2D eigenvalue weighted by Crippen LogP contribution is 2.32. The number of nitrogens with zero attached hydrogens (tertiary/aromatic N) is 1. The standard InChI is InChI=1S/C12H7F3N2O2/c13-12(14,15)9-3-7(1-2-8(9)4-16)5-17-11(18)10-6-19-10/h1-3,6H,5H2,(H,17,18). The fourth-order valence-electron chi connectivity index (χ4n) is 1.44. The van der Waals surface area contributed by atoms with E-state index in [2.05, 4.69) is 10.1 Å². The van der Waals surface area contributed by atoms with E-state index in [1.807, 2.05) is 0 Å². The molecule has 0 radical (unpaired) electrons. The Morgan fingerprint density at radius 2 is 2.11 bits per heavy atom. The smallest absolute Gasteiger partial charge is 0.417 e. The van der Waals surface area contributed by atoms with Gasteiger partial charge in [0.05, 0.1) is 17.2 Å². The largest absolute Gasteiger partial charge is 0.452 e. The summed E-state index contributed by atoms with van der Waals surface area (Å²) in [6.07, 6.45) is -3.37. The molecular formula is C12H7F3N2O2. The highest BCUT2D eigenvalue weighted by molar-refractivity contribution is 5.93. The van der Waals surface area contributed by atoms with Gasteiger partial charge < -0.3 is 10.1 Å². The van der Waals surface area contributed by atoms with Crippen LogP contribution in [0.2, 0.25) is 0 Å². The molecule has 1 aromatic rings. The van der Waals surface area contributed by atoms with Crippen LogP contribution in [0.3, 0.4) is 0 Å². The Morgan fingerprint density at radius 1 is 1.42 bits per heavy atom. The lowest BCUT2D eigenvalue weighted by Crippen LogP contribution is -2.22. The van der Waals surface area contributed by atoms with Gasteiger partial charge in [0, 0.05) is 6.54 Å². The average molecular weight is 268 g/mol. The molecule has 4 nitrogen and oxygen atoms in total. The van der Waals surface area contributed by atoms with Gasteiger partial charge in [0.15, 0.2) is 0 Å². The number of amides is 1. The van der Waals surface area contributed by atoms with Crippen LogP contribution in [0, 0.1) is 11.3 Å². The number of nitriles is 1. The molecule has 2 rings (SSSR count). The van der Waals surface area contributed by atoms with E-state index in [-0.39, 0.29) is 17.9 Å². The Hall–Kier alpha value is -2.49. The zero-order chi connectivity index (χ0) is 14.0. The van der Waals surface area contributed by atoms with Crippen molar-refractivity contribution >= 4 is 5.91 Å². The summed E-state index contributed by atoms with van der Waals surface area (Å²) >= 11 is 0. The molecule has 98 valence electrons. The number of rotatable bonds is 3. The highest BCUT2D eigenvalue weighted by atomic mass is 19.4. The van der Waals surface area contributed by atoms with Crippen LogP contribution < -0.4 is 5.32 Å². The third-order valence-corrected chi connectivity index (χ3v) is 2.42. The van der Waals surface area contributed by atoms with Gasteiger partial charge in [-0.2, -0.15) is 18.4 Å². The number of benzene rings is 1. The summed E-state index contributed by atoms with van der Waals surface area (Å²) in [5, 5.41) is 11.0. The third-order valence-electron chi connectivity index (χ3n) is 2.42. The Morgan fingerprint density at radius 3 is 2.63 bits per heavy atom. The summed E-state index contributed by atoms with van der Waals surface area (Å²) in [6.45, 7) is -0.0751. The Kier molecular flexibility index (Phi) is 3.17. The first-order chi connectivity index (χ1) is 8.91. The summed E-state index contributed by atoms with van der Waals surface area (Å²) in [5.74, 6) is -0.345. The minimum atomic E-state index is -4.60. The van der Waals surface area contributed by atoms with Crippen molar-refractivity contribution in [1.82, 2.24) is 5.32 Å². The van der Waals surface area contributed by atoms with Crippen LogP contribution in [0.5, 0.6) is 0 Å². The number of halogens is 3. The molecule has 1 aliphatic heterocycles. The van der Waals surface area contributed by atoms with E-state index >= 15 is 0 Å². The third kappa shape index (κ3) is 3.04. The molecule has 1 aliphatic rings. The van der Waals surface area contributed by atoms with Crippen molar-refractivity contribution in [1.29, 1.82) is 5.26 Å². The first kappa shape index (κ1) is 13.0. The van der Waals surface area contributed by atoms with Gasteiger partial charge >= 0.3 is 6.18 Å². The topological polar surface area (TPSA) is 65.4 Å². The Bertz CT molecular complexity index is 600. The molecule has 0 aliphatic carbocycles. The number of alkyl halides is 3. The van der Waals surface area contributed by atoms with Crippen LogP contribution in [-0.2, 0) is 22.3 Å². The van der Waals surface area contributed by atoms with Crippen molar-refractivity contribution < 1.29 is 22.7 Å². The molecule has 7 heteroatoms. The lowest BCUT2D eigenvalue weighted by molar-refractivity contribution is -0.137. The maximum Gasteiger partial charge on any atom is 0.417 e. The van der Waals surface area contributed by atoms with Crippen LogP contribution in [0.1, 0.15) is 16.7 Å². The van der Waals surface area contributed by atoms with Crippen LogP contribution in [0.15, 0.2) is 30.2 Å². The molecule has 1 aromatic carbocycles. The van der Waals surface area contributed by atoms with Crippen LogP contribution in [0.25, 0.3) is 0 Å². The van der Waals surface area contributed by atoms with Gasteiger partial charge in [-0.15, -0.1) is 0 Å². The lowest BCUT2D eigenvalue weighted by atomic mass is 10.0. The van der Waals surface area contributed by atoms with Crippen LogP contribution in [-0.4, -0.2) is 5.91 Å². The highest BCUT2D eigenvalue weighted by Gasteiger charge is 2.33. The van der Waals surface area contributed by atoms with Crippen molar-refractivity contribution in [2.75, 3.05) is 0 Å². The molecular weight excluding hydrogens is 261 g/mol. The monoisotopic (exact) mass is 268 g/mol. The van der Waals surface area contributed by atoms with Crippen molar-refractivity contribution in [2.45, 2.75) is 12.7 Å². The minimum absolute atomic E-state index is 0.0751. The van der Waals surface area contributed by atoms with E-state index in [4.69, 9.17) is 5.26 Å². The first-order valence-electron chi connectivity index (χ1n) is 5.17. The van der Waals surface area contributed by atoms with Crippen molar-refractivity contribution in [3.63, 3.8) is 0 Å². The Labute approximate surface area is 106 Å². The zero-order valence-corrected chi connectivity index (χ0v) is 9.41. The summed E-state index contributed by atoms with van der Waals surface area (Å²) < 4.78 is 42.6. The molecule has 0 unspecified atom stereocenters. The fourth-order valence-corrected chi connectivity index (χ4v) is 1.44. The zero-order valence-electron chi connectivity index (χ0n) is 9.41. The van der Waals surface area contributed by atoms with E-state index in [0.717, 1.165) is 12.1 Å². The number of ether oxygens (including phenoxy) is 1. The maximum absolute atomic E-state index is 12.7. The second-order valence-corrected chi connectivity index (χ2v) is 3.77. The molecule has 1 amide bonds. The summed E-state index contributed by atoms with van der Waals surface area (Å²) in [7, 11) is 0. The number of carbonyl (C=O) groups excluding carboxylic acids is 1. The van der Waals surface area contributed by atoms with Gasteiger partial charge in [-0.1, -0.05) is 6.07 Å². The van der Waals surface area contributed by atoms with Gasteiger partial charge in [-0.05, 0) is 17.7 Å². The van der Waals surface area contributed by atoms with Gasteiger partial charge in [-0.25, -0.2) is 0 Å². The molecule has 1 heterocycles. The molecule has 0 aromatic heterocycles. The quantitative estimate of drug-likeness (QED) is 0.912. The van der Waals surface area contributed by atoms with Crippen LogP contribution >= 0.6 is 0 Å². The van der Waals surface area contributed by atoms with Crippen LogP contribution in [0.4, 0.5) is 13.2 Å². The average Bonchev–Trinajstić information content (AvgIpc) is 3.18.